The quantitative estimate of drug-likeness (QED) is 0.712. The van der Waals surface area contributed by atoms with Crippen molar-refractivity contribution in [2.45, 2.75) is 46.0 Å². The second-order valence-electron chi connectivity index (χ2n) is 4.36. The maximum Gasteiger partial charge on any atom is 0.339 e. The molecule has 0 fully saturated rings. The predicted octanol–water partition coefficient (Wildman–Crippen LogP) is 3.91. The molecule has 0 bridgehead atoms. The highest BCUT2D eigenvalue weighted by atomic mass is 16.5. The number of benzene rings is 1. The number of hydrogen-bond acceptors (Lipinski definition) is 2. The lowest BCUT2D eigenvalue weighted by atomic mass is 10.1. The topological polar surface area (TPSA) is 46.5 Å². The van der Waals surface area contributed by atoms with Crippen LogP contribution in [0.1, 0.15) is 55.5 Å². The van der Waals surface area contributed by atoms with Crippen molar-refractivity contribution in [1.82, 2.24) is 0 Å². The van der Waals surface area contributed by atoms with Crippen LogP contribution in [0.4, 0.5) is 0 Å². The molecule has 3 heteroatoms. The zero-order valence-electron chi connectivity index (χ0n) is 11.2. The Morgan fingerprint density at radius 3 is 2.61 bits per heavy atom. The zero-order valence-corrected chi connectivity index (χ0v) is 11.2. The molecule has 1 aromatic carbocycles. The molecule has 0 aromatic heterocycles. The minimum atomic E-state index is -0.922. The van der Waals surface area contributed by atoms with Gasteiger partial charge in [-0.05, 0) is 24.5 Å². The first-order valence-electron chi connectivity index (χ1n) is 6.68. The summed E-state index contributed by atoms with van der Waals surface area (Å²) in [6.45, 7) is 4.76. The van der Waals surface area contributed by atoms with Crippen molar-refractivity contribution in [3.05, 3.63) is 29.3 Å². The van der Waals surface area contributed by atoms with Crippen molar-refractivity contribution in [3.8, 4) is 5.75 Å². The first-order chi connectivity index (χ1) is 8.70. The normalized spacial score (nSPS) is 10.3. The highest BCUT2D eigenvalue weighted by molar-refractivity contribution is 5.91. The molecule has 0 aliphatic heterocycles. The lowest BCUT2D eigenvalue weighted by Gasteiger charge is -2.13. The SMILES string of the molecule is CCCCCCOc1c(CC)cccc1C(=O)O. The Balaban J connectivity index is 2.69. The van der Waals surface area contributed by atoms with E-state index < -0.39 is 5.97 Å². The van der Waals surface area contributed by atoms with Crippen LogP contribution < -0.4 is 4.74 Å². The molecule has 0 aliphatic rings. The molecular weight excluding hydrogens is 228 g/mol. The molecule has 18 heavy (non-hydrogen) atoms. The first kappa shape index (κ1) is 14.6. The van der Waals surface area contributed by atoms with Crippen LogP contribution in [0.5, 0.6) is 5.75 Å². The van der Waals surface area contributed by atoms with Gasteiger partial charge in [-0.1, -0.05) is 45.2 Å². The van der Waals surface area contributed by atoms with Gasteiger partial charge in [0.05, 0.1) is 6.61 Å². The van der Waals surface area contributed by atoms with Crippen LogP contribution in [0.2, 0.25) is 0 Å². The van der Waals surface area contributed by atoms with Gasteiger partial charge in [-0.15, -0.1) is 0 Å². The van der Waals surface area contributed by atoms with Gasteiger partial charge >= 0.3 is 5.97 Å². The third-order valence-corrected chi connectivity index (χ3v) is 2.95. The molecule has 0 spiro atoms. The van der Waals surface area contributed by atoms with E-state index in [0.29, 0.717) is 12.4 Å². The lowest BCUT2D eigenvalue weighted by Crippen LogP contribution is -2.07. The third-order valence-electron chi connectivity index (χ3n) is 2.95. The fourth-order valence-electron chi connectivity index (χ4n) is 1.91. The van der Waals surface area contributed by atoms with Crippen molar-refractivity contribution < 1.29 is 14.6 Å². The minimum absolute atomic E-state index is 0.268. The maximum absolute atomic E-state index is 11.1. The lowest BCUT2D eigenvalue weighted by molar-refractivity contribution is 0.0692. The van der Waals surface area contributed by atoms with E-state index in [1.54, 1.807) is 12.1 Å². The van der Waals surface area contributed by atoms with Gasteiger partial charge in [-0.25, -0.2) is 4.79 Å². The number of carboxylic acid groups (broad SMARTS) is 1. The number of ether oxygens (including phenoxy) is 1. The molecule has 0 atom stereocenters. The number of carboxylic acids is 1. The average molecular weight is 250 g/mol. The zero-order chi connectivity index (χ0) is 13.4. The van der Waals surface area contributed by atoms with Crippen molar-refractivity contribution in [1.29, 1.82) is 0 Å². The summed E-state index contributed by atoms with van der Waals surface area (Å²) in [4.78, 5) is 11.1. The van der Waals surface area contributed by atoms with Crippen molar-refractivity contribution in [2.75, 3.05) is 6.61 Å². The summed E-state index contributed by atoms with van der Waals surface area (Å²) in [7, 11) is 0. The molecule has 0 radical (unpaired) electrons. The van der Waals surface area contributed by atoms with Gasteiger partial charge in [0, 0.05) is 0 Å². The molecule has 0 heterocycles. The molecular formula is C15H22O3. The number of unbranched alkanes of at least 4 members (excludes halogenated alkanes) is 3. The minimum Gasteiger partial charge on any atom is -0.492 e. The molecule has 0 saturated heterocycles. The van der Waals surface area contributed by atoms with Gasteiger partial charge in [0.15, 0.2) is 0 Å². The Labute approximate surface area is 109 Å². The molecule has 1 N–H and O–H groups in total. The summed E-state index contributed by atoms with van der Waals surface area (Å²) >= 11 is 0. The van der Waals surface area contributed by atoms with Crippen molar-refractivity contribution >= 4 is 5.97 Å². The highest BCUT2D eigenvalue weighted by Gasteiger charge is 2.14. The number of hydrogen-bond donors (Lipinski definition) is 1. The van der Waals surface area contributed by atoms with Gasteiger partial charge in [0.2, 0.25) is 0 Å². The average Bonchev–Trinajstić information content (AvgIpc) is 2.38. The van der Waals surface area contributed by atoms with E-state index in [0.717, 1.165) is 24.8 Å². The summed E-state index contributed by atoms with van der Waals surface area (Å²) in [5.41, 5.74) is 1.23. The summed E-state index contributed by atoms with van der Waals surface area (Å²) in [5.74, 6) is -0.377. The van der Waals surface area contributed by atoms with E-state index in [1.807, 2.05) is 13.0 Å². The molecule has 0 amide bonds. The largest absolute Gasteiger partial charge is 0.492 e. The second-order valence-corrected chi connectivity index (χ2v) is 4.36. The van der Waals surface area contributed by atoms with E-state index in [9.17, 15) is 4.79 Å². The summed E-state index contributed by atoms with van der Waals surface area (Å²) in [5, 5.41) is 9.15. The van der Waals surface area contributed by atoms with E-state index >= 15 is 0 Å². The standard InChI is InChI=1S/C15H22O3/c1-3-5-6-7-11-18-14-12(4-2)9-8-10-13(14)15(16)17/h8-10H,3-7,11H2,1-2H3,(H,16,17). The van der Waals surface area contributed by atoms with E-state index in [4.69, 9.17) is 9.84 Å². The van der Waals surface area contributed by atoms with E-state index in [-0.39, 0.29) is 5.56 Å². The molecule has 100 valence electrons. The van der Waals surface area contributed by atoms with Gasteiger partial charge in [0.25, 0.3) is 0 Å². The fraction of sp³-hybridized carbons (Fsp3) is 0.533. The Bertz CT molecular complexity index is 385. The van der Waals surface area contributed by atoms with Gasteiger partial charge in [0.1, 0.15) is 11.3 Å². The van der Waals surface area contributed by atoms with Crippen molar-refractivity contribution in [3.63, 3.8) is 0 Å². The summed E-state index contributed by atoms with van der Waals surface area (Å²) < 4.78 is 5.69. The third kappa shape index (κ3) is 4.06. The van der Waals surface area contributed by atoms with Crippen LogP contribution in [0.25, 0.3) is 0 Å². The number of carbonyl (C=O) groups is 1. The first-order valence-corrected chi connectivity index (χ1v) is 6.68. The fourth-order valence-corrected chi connectivity index (χ4v) is 1.91. The van der Waals surface area contributed by atoms with Crippen LogP contribution in [-0.2, 0) is 6.42 Å². The Morgan fingerprint density at radius 1 is 1.22 bits per heavy atom. The monoisotopic (exact) mass is 250 g/mol. The van der Waals surface area contributed by atoms with Crippen molar-refractivity contribution in [2.24, 2.45) is 0 Å². The van der Waals surface area contributed by atoms with Crippen LogP contribution in [-0.4, -0.2) is 17.7 Å². The number of para-hydroxylation sites is 1. The highest BCUT2D eigenvalue weighted by Crippen LogP contribution is 2.25. The summed E-state index contributed by atoms with van der Waals surface area (Å²) in [6.07, 6.45) is 5.28. The van der Waals surface area contributed by atoms with E-state index in [1.165, 1.54) is 12.8 Å². The molecule has 1 aromatic rings. The van der Waals surface area contributed by atoms with Crippen LogP contribution in [0.15, 0.2) is 18.2 Å². The predicted molar refractivity (Wildman–Crippen MR) is 72.4 cm³/mol. The number of rotatable bonds is 8. The Morgan fingerprint density at radius 2 is 2.00 bits per heavy atom. The van der Waals surface area contributed by atoms with Crippen LogP contribution >= 0.6 is 0 Å². The van der Waals surface area contributed by atoms with Gasteiger partial charge in [-0.2, -0.15) is 0 Å². The maximum atomic E-state index is 11.1. The van der Waals surface area contributed by atoms with Gasteiger partial charge in [-0.3, -0.25) is 0 Å². The number of aromatic carboxylic acids is 1. The molecule has 1 rings (SSSR count). The van der Waals surface area contributed by atoms with E-state index in [2.05, 4.69) is 6.92 Å². The van der Waals surface area contributed by atoms with Gasteiger partial charge < -0.3 is 9.84 Å². The number of aryl methyl sites for hydroxylation is 1. The smallest absolute Gasteiger partial charge is 0.339 e. The molecule has 0 aliphatic carbocycles. The molecule has 0 unspecified atom stereocenters. The second kappa shape index (κ2) is 7.75. The Hall–Kier alpha value is -1.51. The van der Waals surface area contributed by atoms with Crippen LogP contribution in [0.3, 0.4) is 0 Å². The molecule has 3 nitrogen and oxygen atoms in total. The Kier molecular flexibility index (Phi) is 6.26. The molecule has 0 saturated carbocycles. The van der Waals surface area contributed by atoms with Crippen LogP contribution in [0, 0.1) is 0 Å². The summed E-state index contributed by atoms with van der Waals surface area (Å²) in [6, 6.07) is 5.29.